The van der Waals surface area contributed by atoms with Gasteiger partial charge in [0.25, 0.3) is 0 Å². The van der Waals surface area contributed by atoms with Gasteiger partial charge in [0.1, 0.15) is 0 Å². The van der Waals surface area contributed by atoms with Gasteiger partial charge in [-0.1, -0.05) is 28.1 Å². The Morgan fingerprint density at radius 2 is 2.00 bits per heavy atom. The summed E-state index contributed by atoms with van der Waals surface area (Å²) < 4.78 is 1.13. The summed E-state index contributed by atoms with van der Waals surface area (Å²) in [4.78, 5) is 10.1. The number of nitrogens with zero attached hydrogens (tertiary/aromatic N) is 2. The number of anilines is 1. The predicted octanol–water partition coefficient (Wildman–Crippen LogP) is 5.01. The van der Waals surface area contributed by atoms with E-state index in [1.807, 2.05) is 11.8 Å². The van der Waals surface area contributed by atoms with Gasteiger partial charge in [-0.05, 0) is 42.8 Å². The molecular formula is C18H18BrN3S. The average Bonchev–Trinajstić information content (AvgIpc) is 3.03. The quantitative estimate of drug-likeness (QED) is 0.670. The fourth-order valence-corrected chi connectivity index (χ4v) is 4.76. The van der Waals surface area contributed by atoms with Gasteiger partial charge in [-0.3, -0.25) is 0 Å². The number of aromatic nitrogens is 2. The minimum Gasteiger partial charge on any atom is -0.360 e. The third-order valence-electron chi connectivity index (χ3n) is 4.40. The minimum atomic E-state index is 0.400. The number of halogens is 1. The number of fused-ring (bicyclic) bond motifs is 1. The first-order valence-corrected chi connectivity index (χ1v) is 9.72. The summed E-state index contributed by atoms with van der Waals surface area (Å²) in [5.74, 6) is 2.28. The number of H-pyrrole nitrogens is 1. The second kappa shape index (κ2) is 6.21. The van der Waals surface area contributed by atoms with Crippen LogP contribution in [0.2, 0.25) is 0 Å². The van der Waals surface area contributed by atoms with Crippen LogP contribution in [0, 0.1) is 0 Å². The Kier molecular flexibility index (Phi) is 4.07. The zero-order chi connectivity index (χ0) is 15.8. The van der Waals surface area contributed by atoms with Gasteiger partial charge in [-0.2, -0.15) is 11.8 Å². The van der Waals surface area contributed by atoms with E-state index in [1.54, 1.807) is 6.33 Å². The molecule has 1 saturated heterocycles. The number of nitrogens with one attached hydrogen (secondary N) is 1. The summed E-state index contributed by atoms with van der Waals surface area (Å²) in [5, 5.41) is 0. The van der Waals surface area contributed by atoms with Gasteiger partial charge in [-0.25, -0.2) is 4.98 Å². The van der Waals surface area contributed by atoms with E-state index in [2.05, 4.69) is 80.2 Å². The molecule has 0 radical (unpaired) electrons. The molecule has 2 heterocycles. The molecule has 0 bridgehead atoms. The summed E-state index contributed by atoms with van der Waals surface area (Å²) in [5.41, 5.74) is 4.76. The molecule has 4 rings (SSSR count). The fourth-order valence-electron chi connectivity index (χ4n) is 3.28. The van der Waals surface area contributed by atoms with Gasteiger partial charge in [0.15, 0.2) is 0 Å². The largest absolute Gasteiger partial charge is 0.360 e. The normalized spacial score (nSPS) is 21.7. The lowest BCUT2D eigenvalue weighted by atomic mass is 10.0. The maximum absolute atomic E-state index is 4.33. The smallest absolute Gasteiger partial charge is 0.0931 e. The number of hydrogen-bond donors (Lipinski definition) is 1. The van der Waals surface area contributed by atoms with Gasteiger partial charge in [0, 0.05) is 27.7 Å². The van der Waals surface area contributed by atoms with Gasteiger partial charge in [0.05, 0.1) is 23.4 Å². The topological polar surface area (TPSA) is 31.9 Å². The number of rotatable bonds is 2. The minimum absolute atomic E-state index is 0.400. The third-order valence-corrected chi connectivity index (χ3v) is 6.20. The van der Waals surface area contributed by atoms with Crippen molar-refractivity contribution in [2.24, 2.45) is 0 Å². The third kappa shape index (κ3) is 2.88. The monoisotopic (exact) mass is 387 g/mol. The summed E-state index contributed by atoms with van der Waals surface area (Å²) in [6.45, 7) is 2.31. The highest BCUT2D eigenvalue weighted by Crippen LogP contribution is 2.37. The lowest BCUT2D eigenvalue weighted by Crippen LogP contribution is -2.43. The number of benzene rings is 2. The number of hydrogen-bond acceptors (Lipinski definition) is 3. The second-order valence-corrected chi connectivity index (χ2v) is 7.96. The Balaban J connectivity index is 1.75. The standard InChI is InChI=1S/C18H18BrN3S/c1-12-9-23-10-18(13-2-4-14(19)5-3-13)22(12)15-6-7-16-17(8-15)21-11-20-16/h2-8,11-12,18H,9-10H2,1H3,(H,20,21). The molecule has 118 valence electrons. The molecule has 5 heteroatoms. The Hall–Kier alpha value is -1.46. The van der Waals surface area contributed by atoms with Crippen LogP contribution in [0.3, 0.4) is 0 Å². The van der Waals surface area contributed by atoms with E-state index in [1.165, 1.54) is 11.3 Å². The first-order chi connectivity index (χ1) is 11.2. The zero-order valence-electron chi connectivity index (χ0n) is 12.9. The van der Waals surface area contributed by atoms with Gasteiger partial charge < -0.3 is 9.88 Å². The molecular weight excluding hydrogens is 370 g/mol. The second-order valence-electron chi connectivity index (χ2n) is 5.97. The predicted molar refractivity (Wildman–Crippen MR) is 102 cm³/mol. The van der Waals surface area contributed by atoms with Crippen molar-refractivity contribution >= 4 is 44.4 Å². The van der Waals surface area contributed by atoms with Crippen molar-refractivity contribution in [2.75, 3.05) is 16.4 Å². The van der Waals surface area contributed by atoms with Crippen molar-refractivity contribution in [1.82, 2.24) is 9.97 Å². The lowest BCUT2D eigenvalue weighted by molar-refractivity contribution is 0.593. The van der Waals surface area contributed by atoms with Crippen LogP contribution in [0.1, 0.15) is 18.5 Å². The van der Waals surface area contributed by atoms with Crippen molar-refractivity contribution in [3.05, 3.63) is 58.8 Å². The first kappa shape index (κ1) is 15.1. The molecule has 2 atom stereocenters. The van der Waals surface area contributed by atoms with Gasteiger partial charge in [-0.15, -0.1) is 0 Å². The Bertz CT molecular complexity index is 815. The Morgan fingerprint density at radius 1 is 1.17 bits per heavy atom. The maximum Gasteiger partial charge on any atom is 0.0931 e. The highest BCUT2D eigenvalue weighted by molar-refractivity contribution is 9.10. The Labute approximate surface area is 148 Å². The molecule has 1 aromatic heterocycles. The molecule has 2 unspecified atom stereocenters. The van der Waals surface area contributed by atoms with Crippen LogP contribution >= 0.6 is 27.7 Å². The maximum atomic E-state index is 4.33. The number of imidazole rings is 1. The van der Waals surface area contributed by atoms with Crippen molar-refractivity contribution in [3.8, 4) is 0 Å². The van der Waals surface area contributed by atoms with E-state index in [9.17, 15) is 0 Å². The molecule has 0 spiro atoms. The average molecular weight is 388 g/mol. The molecule has 0 saturated carbocycles. The zero-order valence-corrected chi connectivity index (χ0v) is 15.3. The van der Waals surface area contributed by atoms with Crippen molar-refractivity contribution in [2.45, 2.75) is 19.0 Å². The molecule has 23 heavy (non-hydrogen) atoms. The summed E-state index contributed by atoms with van der Waals surface area (Å²) in [6, 6.07) is 16.2. The van der Waals surface area contributed by atoms with Crippen LogP contribution in [0.4, 0.5) is 5.69 Å². The van der Waals surface area contributed by atoms with E-state index < -0.39 is 0 Å². The van der Waals surface area contributed by atoms with E-state index in [0.29, 0.717) is 12.1 Å². The van der Waals surface area contributed by atoms with Crippen LogP contribution in [0.5, 0.6) is 0 Å². The molecule has 1 aliphatic heterocycles. The molecule has 2 aromatic carbocycles. The summed E-state index contributed by atoms with van der Waals surface area (Å²) in [6.07, 6.45) is 1.76. The number of aromatic amines is 1. The van der Waals surface area contributed by atoms with Crippen LogP contribution < -0.4 is 4.90 Å². The van der Waals surface area contributed by atoms with Crippen LogP contribution in [-0.4, -0.2) is 27.5 Å². The van der Waals surface area contributed by atoms with Gasteiger partial charge in [0.2, 0.25) is 0 Å². The fraction of sp³-hybridized carbons (Fsp3) is 0.278. The van der Waals surface area contributed by atoms with E-state index in [4.69, 9.17) is 0 Å². The van der Waals surface area contributed by atoms with E-state index in [-0.39, 0.29) is 0 Å². The highest BCUT2D eigenvalue weighted by Gasteiger charge is 2.29. The summed E-state index contributed by atoms with van der Waals surface area (Å²) in [7, 11) is 0. The molecule has 0 amide bonds. The van der Waals surface area contributed by atoms with Crippen molar-refractivity contribution < 1.29 is 0 Å². The highest BCUT2D eigenvalue weighted by atomic mass is 79.9. The SMILES string of the molecule is CC1CSCC(c2ccc(Br)cc2)N1c1ccc2nc[nH]c2c1. The molecule has 1 aliphatic rings. The molecule has 1 fully saturated rings. The van der Waals surface area contributed by atoms with Crippen molar-refractivity contribution in [3.63, 3.8) is 0 Å². The first-order valence-electron chi connectivity index (χ1n) is 7.77. The van der Waals surface area contributed by atoms with Crippen LogP contribution in [0.15, 0.2) is 53.3 Å². The molecule has 3 aromatic rings. The van der Waals surface area contributed by atoms with Crippen molar-refractivity contribution in [1.29, 1.82) is 0 Å². The Morgan fingerprint density at radius 3 is 2.83 bits per heavy atom. The number of thioether (sulfide) groups is 1. The van der Waals surface area contributed by atoms with E-state index >= 15 is 0 Å². The lowest BCUT2D eigenvalue weighted by Gasteiger charge is -2.42. The molecule has 3 nitrogen and oxygen atoms in total. The molecule has 0 aliphatic carbocycles. The molecule has 1 N–H and O–H groups in total. The van der Waals surface area contributed by atoms with Gasteiger partial charge >= 0.3 is 0 Å². The van der Waals surface area contributed by atoms with Crippen LogP contribution in [-0.2, 0) is 0 Å². The van der Waals surface area contributed by atoms with Crippen LogP contribution in [0.25, 0.3) is 11.0 Å². The van der Waals surface area contributed by atoms with E-state index in [0.717, 1.165) is 27.0 Å². The summed E-state index contributed by atoms with van der Waals surface area (Å²) >= 11 is 5.57.